The molecule has 0 saturated heterocycles. The zero-order valence-corrected chi connectivity index (χ0v) is 9.84. The van der Waals surface area contributed by atoms with Crippen molar-refractivity contribution < 1.29 is 9.90 Å². The van der Waals surface area contributed by atoms with E-state index >= 15 is 0 Å². The molecule has 0 aromatic heterocycles. The van der Waals surface area contributed by atoms with Gasteiger partial charge in [0.05, 0.1) is 11.1 Å². The minimum absolute atomic E-state index is 0.0435. The lowest BCUT2D eigenvalue weighted by molar-refractivity contribution is 0.0696. The van der Waals surface area contributed by atoms with Gasteiger partial charge in [-0.3, -0.25) is 0 Å². The molecule has 0 aliphatic carbocycles. The minimum atomic E-state index is -1.08. The molecule has 88 valence electrons. The number of benzene rings is 2. The van der Waals surface area contributed by atoms with Crippen molar-refractivity contribution in [2.75, 3.05) is 0 Å². The molecule has 2 rings (SSSR count). The number of rotatable bonds is 2. The highest BCUT2D eigenvalue weighted by Crippen LogP contribution is 2.29. The average Bonchev–Trinajstić information content (AvgIpc) is 2.38. The summed E-state index contributed by atoms with van der Waals surface area (Å²) >= 11 is 0. The first-order chi connectivity index (χ1) is 8.65. The normalized spacial score (nSPS) is 9.78. The molecule has 1 N–H and O–H groups in total. The number of carboxylic acids is 1. The summed E-state index contributed by atoms with van der Waals surface area (Å²) in [6.45, 7) is 1.87. The van der Waals surface area contributed by atoms with Gasteiger partial charge in [0.1, 0.15) is 6.07 Å². The maximum Gasteiger partial charge on any atom is 0.337 e. The Hall–Kier alpha value is -2.60. The van der Waals surface area contributed by atoms with Crippen molar-refractivity contribution in [2.45, 2.75) is 6.92 Å². The van der Waals surface area contributed by atoms with Crippen molar-refractivity contribution >= 4 is 5.97 Å². The molecule has 3 heteroatoms. The van der Waals surface area contributed by atoms with Crippen molar-refractivity contribution in [3.63, 3.8) is 0 Å². The lowest BCUT2D eigenvalue weighted by atomic mass is 9.92. The molecule has 2 aromatic rings. The molecular weight excluding hydrogens is 226 g/mol. The molecule has 2 aromatic carbocycles. The van der Waals surface area contributed by atoms with Crippen molar-refractivity contribution in [2.24, 2.45) is 0 Å². The Kier molecular flexibility index (Phi) is 3.11. The maximum atomic E-state index is 11.1. The van der Waals surface area contributed by atoms with E-state index < -0.39 is 5.97 Å². The largest absolute Gasteiger partial charge is 0.478 e. The number of aryl methyl sites for hydroxylation is 1. The van der Waals surface area contributed by atoms with Crippen LogP contribution in [0.4, 0.5) is 0 Å². The van der Waals surface area contributed by atoms with E-state index in [1.807, 2.05) is 43.3 Å². The number of nitrogens with zero attached hydrogens (tertiary/aromatic N) is 1. The zero-order chi connectivity index (χ0) is 13.1. The lowest BCUT2D eigenvalue weighted by Gasteiger charge is -2.10. The van der Waals surface area contributed by atoms with Crippen molar-refractivity contribution in [3.8, 4) is 17.2 Å². The Bertz CT molecular complexity index is 640. The van der Waals surface area contributed by atoms with E-state index in [2.05, 4.69) is 0 Å². The summed E-state index contributed by atoms with van der Waals surface area (Å²) in [6, 6.07) is 14.6. The van der Waals surface area contributed by atoms with Gasteiger partial charge < -0.3 is 5.11 Å². The molecule has 0 fully saturated rings. The highest BCUT2D eigenvalue weighted by Gasteiger charge is 2.16. The summed E-state index contributed by atoms with van der Waals surface area (Å²) in [5.41, 5.74) is 2.70. The number of hydrogen-bond acceptors (Lipinski definition) is 2. The number of nitriles is 1. The number of aromatic carboxylic acids is 1. The first-order valence-electron chi connectivity index (χ1n) is 5.47. The fourth-order valence-corrected chi connectivity index (χ4v) is 1.98. The van der Waals surface area contributed by atoms with Crippen LogP contribution in [0.5, 0.6) is 0 Å². The molecule has 0 bridgehead atoms. The average molecular weight is 237 g/mol. The van der Waals surface area contributed by atoms with Crippen LogP contribution < -0.4 is 0 Å². The summed E-state index contributed by atoms with van der Waals surface area (Å²) in [5, 5.41) is 18.3. The summed E-state index contributed by atoms with van der Waals surface area (Å²) in [5.74, 6) is -1.08. The van der Waals surface area contributed by atoms with Gasteiger partial charge in [-0.15, -0.1) is 0 Å². The smallest absolute Gasteiger partial charge is 0.337 e. The number of carboxylic acid groups (broad SMARTS) is 1. The number of hydrogen-bond donors (Lipinski definition) is 1. The SMILES string of the molecule is Cc1ccc(C(=O)O)c(C#N)c1-c1ccccc1. The van der Waals surface area contributed by atoms with E-state index in [-0.39, 0.29) is 11.1 Å². The summed E-state index contributed by atoms with van der Waals surface area (Å²) < 4.78 is 0. The van der Waals surface area contributed by atoms with E-state index in [9.17, 15) is 10.1 Å². The second-order valence-electron chi connectivity index (χ2n) is 3.96. The van der Waals surface area contributed by atoms with Crippen LogP contribution in [0, 0.1) is 18.3 Å². The first kappa shape index (κ1) is 11.9. The van der Waals surface area contributed by atoms with Crippen molar-refractivity contribution in [3.05, 3.63) is 59.2 Å². The quantitative estimate of drug-likeness (QED) is 0.872. The van der Waals surface area contributed by atoms with E-state index in [4.69, 9.17) is 5.11 Å². The van der Waals surface area contributed by atoms with E-state index in [0.29, 0.717) is 5.56 Å². The molecule has 0 heterocycles. The zero-order valence-electron chi connectivity index (χ0n) is 9.84. The van der Waals surface area contributed by atoms with Crippen LogP contribution in [-0.2, 0) is 0 Å². The van der Waals surface area contributed by atoms with Gasteiger partial charge in [-0.25, -0.2) is 4.79 Å². The van der Waals surface area contributed by atoms with Crippen molar-refractivity contribution in [1.29, 1.82) is 5.26 Å². The Morgan fingerprint density at radius 2 is 1.83 bits per heavy atom. The van der Waals surface area contributed by atoms with Gasteiger partial charge in [-0.05, 0) is 24.1 Å². The van der Waals surface area contributed by atoms with Gasteiger partial charge in [0, 0.05) is 5.56 Å². The third-order valence-electron chi connectivity index (χ3n) is 2.82. The lowest BCUT2D eigenvalue weighted by Crippen LogP contribution is -2.03. The van der Waals surface area contributed by atoms with Gasteiger partial charge in [0.25, 0.3) is 0 Å². The van der Waals surface area contributed by atoms with Crippen LogP contribution in [0.3, 0.4) is 0 Å². The Morgan fingerprint density at radius 1 is 1.17 bits per heavy atom. The molecule has 0 unspecified atom stereocenters. The summed E-state index contributed by atoms with van der Waals surface area (Å²) in [4.78, 5) is 11.1. The molecule has 0 aliphatic heterocycles. The topological polar surface area (TPSA) is 61.1 Å². The Labute approximate surface area is 105 Å². The van der Waals surface area contributed by atoms with Crippen LogP contribution in [0.25, 0.3) is 11.1 Å². The van der Waals surface area contributed by atoms with Gasteiger partial charge in [0.15, 0.2) is 0 Å². The van der Waals surface area contributed by atoms with Crippen LogP contribution in [0.1, 0.15) is 21.5 Å². The highest BCUT2D eigenvalue weighted by molar-refractivity contribution is 5.94. The van der Waals surface area contributed by atoms with Crippen molar-refractivity contribution in [1.82, 2.24) is 0 Å². The molecule has 0 radical (unpaired) electrons. The predicted octanol–water partition coefficient (Wildman–Crippen LogP) is 3.23. The molecule has 18 heavy (non-hydrogen) atoms. The standard InChI is InChI=1S/C15H11NO2/c1-10-7-8-12(15(17)18)13(9-16)14(10)11-5-3-2-4-6-11/h2-8H,1H3,(H,17,18). The van der Waals surface area contributed by atoms with Crippen LogP contribution in [-0.4, -0.2) is 11.1 Å². The van der Waals surface area contributed by atoms with Gasteiger partial charge >= 0.3 is 5.97 Å². The number of carbonyl (C=O) groups is 1. The fraction of sp³-hybridized carbons (Fsp3) is 0.0667. The molecular formula is C15H11NO2. The minimum Gasteiger partial charge on any atom is -0.478 e. The fourth-order valence-electron chi connectivity index (χ4n) is 1.98. The van der Waals surface area contributed by atoms with Crippen LogP contribution in [0.15, 0.2) is 42.5 Å². The monoisotopic (exact) mass is 237 g/mol. The first-order valence-corrected chi connectivity index (χ1v) is 5.47. The van der Waals surface area contributed by atoms with E-state index in [1.54, 1.807) is 6.07 Å². The van der Waals surface area contributed by atoms with Crippen LogP contribution in [0.2, 0.25) is 0 Å². The molecule has 0 amide bonds. The molecule has 0 aliphatic rings. The second-order valence-corrected chi connectivity index (χ2v) is 3.96. The molecule has 3 nitrogen and oxygen atoms in total. The Morgan fingerprint density at radius 3 is 2.39 bits per heavy atom. The van der Waals surface area contributed by atoms with Gasteiger partial charge in [-0.1, -0.05) is 36.4 Å². The third kappa shape index (κ3) is 1.96. The maximum absolute atomic E-state index is 11.1. The molecule has 0 atom stereocenters. The van der Waals surface area contributed by atoms with Gasteiger partial charge in [0.2, 0.25) is 0 Å². The predicted molar refractivity (Wildman–Crippen MR) is 68.3 cm³/mol. The summed E-state index contributed by atoms with van der Waals surface area (Å²) in [6.07, 6.45) is 0. The van der Waals surface area contributed by atoms with Gasteiger partial charge in [-0.2, -0.15) is 5.26 Å². The van der Waals surface area contributed by atoms with Crippen LogP contribution >= 0.6 is 0 Å². The summed E-state index contributed by atoms with van der Waals surface area (Å²) in [7, 11) is 0. The van der Waals surface area contributed by atoms with E-state index in [0.717, 1.165) is 11.1 Å². The molecule has 0 spiro atoms. The third-order valence-corrected chi connectivity index (χ3v) is 2.82. The Balaban J connectivity index is 2.78. The molecule has 0 saturated carbocycles. The highest BCUT2D eigenvalue weighted by atomic mass is 16.4. The van der Waals surface area contributed by atoms with E-state index in [1.165, 1.54) is 6.07 Å². The second kappa shape index (κ2) is 4.72.